The van der Waals surface area contributed by atoms with Gasteiger partial charge in [0.05, 0.1) is 0 Å². The molecule has 0 aliphatic rings. The minimum Gasteiger partial charge on any atom is -0.220 e. The maximum atomic E-state index is 5.90. The topological polar surface area (TPSA) is 43.1 Å². The van der Waals surface area contributed by atoms with Crippen molar-refractivity contribution in [2.24, 2.45) is 0 Å². The summed E-state index contributed by atoms with van der Waals surface area (Å²) >= 11 is 5.90. The molecule has 0 spiro atoms. The van der Waals surface area contributed by atoms with Crippen molar-refractivity contribution in [1.82, 2.24) is 19.6 Å². The van der Waals surface area contributed by atoms with Gasteiger partial charge < -0.3 is 0 Å². The molecule has 13 heavy (non-hydrogen) atoms. The molecule has 0 saturated heterocycles. The summed E-state index contributed by atoms with van der Waals surface area (Å²) in [6, 6.07) is 1.69. The van der Waals surface area contributed by atoms with Crippen LogP contribution in [0.2, 0.25) is 5.15 Å². The Morgan fingerprint density at radius 2 is 2.23 bits per heavy atom. The Bertz CT molecular complexity index is 435. The number of rotatable bonds is 1. The molecule has 0 unspecified atom stereocenters. The fraction of sp³-hybridized carbons (Fsp3) is 0.375. The van der Waals surface area contributed by atoms with E-state index in [1.807, 2.05) is 13.8 Å². The third-order valence-corrected chi connectivity index (χ3v) is 2.01. The van der Waals surface area contributed by atoms with Crippen molar-refractivity contribution in [2.45, 2.75) is 19.8 Å². The Morgan fingerprint density at radius 1 is 1.46 bits per heavy atom. The SMILES string of the molecule is CC(C)c1nc2nccc(Cl)n2n1. The average molecular weight is 197 g/mol. The van der Waals surface area contributed by atoms with E-state index in [0.717, 1.165) is 5.82 Å². The van der Waals surface area contributed by atoms with Gasteiger partial charge in [-0.25, -0.2) is 4.98 Å². The minimum atomic E-state index is 0.290. The van der Waals surface area contributed by atoms with Gasteiger partial charge in [0.25, 0.3) is 5.78 Å². The lowest BCUT2D eigenvalue weighted by molar-refractivity contribution is 0.765. The molecule has 0 atom stereocenters. The molecule has 0 amide bonds. The fourth-order valence-electron chi connectivity index (χ4n) is 1.03. The predicted octanol–water partition coefficient (Wildman–Crippen LogP) is 1.90. The quantitative estimate of drug-likeness (QED) is 0.655. The molecule has 0 fully saturated rings. The van der Waals surface area contributed by atoms with Gasteiger partial charge in [0.2, 0.25) is 0 Å². The van der Waals surface area contributed by atoms with Gasteiger partial charge in [0, 0.05) is 12.1 Å². The molecule has 0 aromatic carbocycles. The highest BCUT2D eigenvalue weighted by molar-refractivity contribution is 6.29. The van der Waals surface area contributed by atoms with Crippen LogP contribution in [-0.2, 0) is 0 Å². The van der Waals surface area contributed by atoms with Crippen LogP contribution in [0.4, 0.5) is 0 Å². The van der Waals surface area contributed by atoms with Crippen LogP contribution in [0, 0.1) is 0 Å². The van der Waals surface area contributed by atoms with Gasteiger partial charge in [-0.1, -0.05) is 25.4 Å². The summed E-state index contributed by atoms with van der Waals surface area (Å²) in [5, 5.41) is 4.75. The second kappa shape index (κ2) is 2.96. The summed E-state index contributed by atoms with van der Waals surface area (Å²) in [4.78, 5) is 8.28. The Labute approximate surface area is 80.6 Å². The predicted molar refractivity (Wildman–Crippen MR) is 49.9 cm³/mol. The highest BCUT2D eigenvalue weighted by Crippen LogP contribution is 2.13. The monoisotopic (exact) mass is 196 g/mol. The molecule has 0 aliphatic heterocycles. The lowest BCUT2D eigenvalue weighted by Crippen LogP contribution is -1.92. The van der Waals surface area contributed by atoms with Crippen molar-refractivity contribution >= 4 is 17.4 Å². The summed E-state index contributed by atoms with van der Waals surface area (Å²) in [6.45, 7) is 4.06. The Hall–Kier alpha value is -1.16. The number of aromatic nitrogens is 4. The number of hydrogen-bond acceptors (Lipinski definition) is 3. The smallest absolute Gasteiger partial charge is 0.220 e. The van der Waals surface area contributed by atoms with Gasteiger partial charge in [-0.3, -0.25) is 0 Å². The lowest BCUT2D eigenvalue weighted by Gasteiger charge is -1.93. The zero-order valence-electron chi connectivity index (χ0n) is 7.40. The molecule has 0 N–H and O–H groups in total. The summed E-state index contributed by atoms with van der Waals surface area (Å²) < 4.78 is 1.54. The molecule has 0 saturated carbocycles. The number of nitrogens with zero attached hydrogens (tertiary/aromatic N) is 4. The molecule has 68 valence electrons. The Balaban J connectivity index is 2.68. The van der Waals surface area contributed by atoms with Gasteiger partial charge in [0.1, 0.15) is 5.15 Å². The van der Waals surface area contributed by atoms with Crippen LogP contribution in [-0.4, -0.2) is 19.6 Å². The first kappa shape index (κ1) is 8.44. The molecule has 2 aromatic heterocycles. The number of halogens is 1. The van der Waals surface area contributed by atoms with E-state index in [1.165, 1.54) is 4.52 Å². The fourth-order valence-corrected chi connectivity index (χ4v) is 1.20. The first-order valence-electron chi connectivity index (χ1n) is 4.05. The van der Waals surface area contributed by atoms with Crippen LogP contribution in [0.3, 0.4) is 0 Å². The molecule has 0 radical (unpaired) electrons. The van der Waals surface area contributed by atoms with Crippen molar-refractivity contribution in [3.63, 3.8) is 0 Å². The third-order valence-electron chi connectivity index (χ3n) is 1.73. The second-order valence-corrected chi connectivity index (χ2v) is 3.49. The molecule has 5 heteroatoms. The maximum absolute atomic E-state index is 5.90. The largest absolute Gasteiger partial charge is 0.253 e. The molecule has 2 aromatic rings. The van der Waals surface area contributed by atoms with E-state index in [2.05, 4.69) is 15.1 Å². The average Bonchev–Trinajstić information content (AvgIpc) is 2.49. The van der Waals surface area contributed by atoms with Crippen molar-refractivity contribution in [3.8, 4) is 0 Å². The molecule has 2 rings (SSSR count). The Kier molecular flexibility index (Phi) is 1.92. The van der Waals surface area contributed by atoms with Crippen LogP contribution >= 0.6 is 11.6 Å². The third kappa shape index (κ3) is 1.37. The summed E-state index contributed by atoms with van der Waals surface area (Å²) in [5.74, 6) is 1.61. The van der Waals surface area contributed by atoms with E-state index in [-0.39, 0.29) is 5.92 Å². The lowest BCUT2D eigenvalue weighted by atomic mass is 10.2. The molecular weight excluding hydrogens is 188 g/mol. The van der Waals surface area contributed by atoms with E-state index in [0.29, 0.717) is 10.9 Å². The van der Waals surface area contributed by atoms with Crippen molar-refractivity contribution in [1.29, 1.82) is 0 Å². The standard InChI is InChI=1S/C8H9ClN4/c1-5(2)7-11-8-10-4-3-6(9)13(8)12-7/h3-5H,1-2H3. The van der Waals surface area contributed by atoms with Crippen molar-refractivity contribution in [3.05, 3.63) is 23.2 Å². The Morgan fingerprint density at radius 3 is 2.85 bits per heavy atom. The number of hydrogen-bond donors (Lipinski definition) is 0. The van der Waals surface area contributed by atoms with Gasteiger partial charge in [0.15, 0.2) is 5.82 Å². The van der Waals surface area contributed by atoms with Crippen LogP contribution in [0.5, 0.6) is 0 Å². The highest BCUT2D eigenvalue weighted by Gasteiger charge is 2.09. The zero-order valence-corrected chi connectivity index (χ0v) is 8.15. The summed E-state index contributed by atoms with van der Waals surface area (Å²) in [7, 11) is 0. The highest BCUT2D eigenvalue weighted by atomic mass is 35.5. The minimum absolute atomic E-state index is 0.290. The van der Waals surface area contributed by atoms with Gasteiger partial charge in [-0.05, 0) is 6.07 Å². The van der Waals surface area contributed by atoms with E-state index >= 15 is 0 Å². The molecule has 0 bridgehead atoms. The van der Waals surface area contributed by atoms with Crippen LogP contribution in [0.1, 0.15) is 25.6 Å². The van der Waals surface area contributed by atoms with Gasteiger partial charge >= 0.3 is 0 Å². The van der Waals surface area contributed by atoms with E-state index in [9.17, 15) is 0 Å². The first-order chi connectivity index (χ1) is 6.18. The maximum Gasteiger partial charge on any atom is 0.253 e. The van der Waals surface area contributed by atoms with E-state index in [1.54, 1.807) is 12.3 Å². The summed E-state index contributed by atoms with van der Waals surface area (Å²) in [5.41, 5.74) is 0. The molecule has 2 heterocycles. The molecule has 4 nitrogen and oxygen atoms in total. The van der Waals surface area contributed by atoms with E-state index in [4.69, 9.17) is 11.6 Å². The number of fused-ring (bicyclic) bond motifs is 1. The summed E-state index contributed by atoms with van der Waals surface area (Å²) in [6.07, 6.45) is 1.62. The zero-order chi connectivity index (χ0) is 9.42. The molecular formula is C8H9ClN4. The van der Waals surface area contributed by atoms with Crippen LogP contribution in [0.25, 0.3) is 5.78 Å². The van der Waals surface area contributed by atoms with Crippen LogP contribution < -0.4 is 0 Å². The second-order valence-electron chi connectivity index (χ2n) is 3.10. The van der Waals surface area contributed by atoms with Crippen molar-refractivity contribution < 1.29 is 0 Å². The van der Waals surface area contributed by atoms with Gasteiger partial charge in [-0.15, -0.1) is 5.10 Å². The van der Waals surface area contributed by atoms with Gasteiger partial charge in [-0.2, -0.15) is 9.50 Å². The van der Waals surface area contributed by atoms with E-state index < -0.39 is 0 Å². The first-order valence-corrected chi connectivity index (χ1v) is 4.43. The normalized spacial score (nSPS) is 11.4. The molecule has 0 aliphatic carbocycles. The van der Waals surface area contributed by atoms with Crippen molar-refractivity contribution in [2.75, 3.05) is 0 Å². The van der Waals surface area contributed by atoms with Crippen LogP contribution in [0.15, 0.2) is 12.3 Å².